The van der Waals surface area contributed by atoms with Crippen molar-refractivity contribution in [1.82, 2.24) is 10.0 Å². The number of amides is 1. The zero-order chi connectivity index (χ0) is 18.7. The van der Waals surface area contributed by atoms with E-state index in [0.29, 0.717) is 12.1 Å². The van der Waals surface area contributed by atoms with E-state index in [-0.39, 0.29) is 22.6 Å². The van der Waals surface area contributed by atoms with Crippen LogP contribution in [0.4, 0.5) is 0 Å². The Bertz CT molecular complexity index is 919. The predicted octanol–water partition coefficient (Wildman–Crippen LogP) is 2.17. The van der Waals surface area contributed by atoms with Crippen molar-refractivity contribution in [2.75, 3.05) is 6.54 Å². The van der Waals surface area contributed by atoms with Gasteiger partial charge in [0.25, 0.3) is 10.0 Å². The van der Waals surface area contributed by atoms with Gasteiger partial charge in [-0.25, -0.2) is 8.42 Å². The Hall–Kier alpha value is -2.19. The van der Waals surface area contributed by atoms with E-state index in [2.05, 4.69) is 15.0 Å². The predicted molar refractivity (Wildman–Crippen MR) is 103 cm³/mol. The molecule has 0 spiro atoms. The summed E-state index contributed by atoms with van der Waals surface area (Å²) in [6, 6.07) is 9.99. The third-order valence-electron chi connectivity index (χ3n) is 4.08. The Morgan fingerprint density at radius 3 is 2.69 bits per heavy atom. The summed E-state index contributed by atoms with van der Waals surface area (Å²) >= 11 is 1.65. The Balaban J connectivity index is 1.76. The van der Waals surface area contributed by atoms with Gasteiger partial charge < -0.3 is 5.32 Å². The van der Waals surface area contributed by atoms with Crippen LogP contribution in [0.5, 0.6) is 0 Å². The van der Waals surface area contributed by atoms with Crippen LogP contribution in [0, 0.1) is 5.92 Å². The maximum Gasteiger partial charge on any atom is 0.263 e. The van der Waals surface area contributed by atoms with Crippen LogP contribution < -0.4 is 10.0 Å². The van der Waals surface area contributed by atoms with Gasteiger partial charge in [0.1, 0.15) is 11.9 Å². The zero-order valence-electron chi connectivity index (χ0n) is 14.6. The molecule has 2 aromatic rings. The van der Waals surface area contributed by atoms with Gasteiger partial charge in [-0.3, -0.25) is 14.5 Å². The minimum Gasteiger partial charge on any atom is -0.354 e. The van der Waals surface area contributed by atoms with Crippen molar-refractivity contribution >= 4 is 33.1 Å². The number of fused-ring (bicyclic) bond motifs is 1. The molecule has 2 N–H and O–H groups in total. The van der Waals surface area contributed by atoms with Crippen LogP contribution in [-0.2, 0) is 21.2 Å². The molecule has 26 heavy (non-hydrogen) atoms. The van der Waals surface area contributed by atoms with Crippen molar-refractivity contribution in [2.45, 2.75) is 31.2 Å². The summed E-state index contributed by atoms with van der Waals surface area (Å²) in [5, 5.41) is 4.91. The van der Waals surface area contributed by atoms with Gasteiger partial charge >= 0.3 is 0 Å². The maximum atomic E-state index is 12.6. The molecule has 8 heteroatoms. The number of hydrogen-bond donors (Lipinski definition) is 2. The summed E-state index contributed by atoms with van der Waals surface area (Å²) in [6.45, 7) is 4.31. The summed E-state index contributed by atoms with van der Waals surface area (Å²) in [5.41, 5.74) is 0.504. The second-order valence-corrected chi connectivity index (χ2v) is 9.07. The number of hydrogen-bond acceptors (Lipinski definition) is 5. The van der Waals surface area contributed by atoms with E-state index in [1.54, 1.807) is 29.5 Å². The quantitative estimate of drug-likeness (QED) is 0.791. The van der Waals surface area contributed by atoms with Crippen LogP contribution in [0.15, 0.2) is 51.7 Å². The van der Waals surface area contributed by atoms with Gasteiger partial charge in [-0.2, -0.15) is 0 Å². The Labute approximate surface area is 157 Å². The van der Waals surface area contributed by atoms with Crippen LogP contribution in [0.1, 0.15) is 24.3 Å². The number of thiophene rings is 1. The minimum atomic E-state index is -3.61. The number of carbonyl (C=O) groups is 1. The number of rotatable bonds is 6. The van der Waals surface area contributed by atoms with Gasteiger partial charge in [0, 0.05) is 17.0 Å². The fourth-order valence-corrected chi connectivity index (χ4v) is 4.70. The van der Waals surface area contributed by atoms with E-state index in [4.69, 9.17) is 0 Å². The lowest BCUT2D eigenvalue weighted by molar-refractivity contribution is -0.123. The van der Waals surface area contributed by atoms with Crippen molar-refractivity contribution in [3.63, 3.8) is 0 Å². The van der Waals surface area contributed by atoms with Crippen molar-refractivity contribution in [1.29, 1.82) is 0 Å². The van der Waals surface area contributed by atoms with Crippen LogP contribution in [0.2, 0.25) is 0 Å². The number of benzene rings is 1. The van der Waals surface area contributed by atoms with Gasteiger partial charge in [-0.15, -0.1) is 11.3 Å². The first kappa shape index (κ1) is 18.6. The molecule has 138 valence electrons. The molecule has 6 nitrogen and oxygen atoms in total. The summed E-state index contributed by atoms with van der Waals surface area (Å²) in [6.07, 6.45) is 0.764. The molecule has 0 saturated heterocycles. The van der Waals surface area contributed by atoms with Crippen molar-refractivity contribution in [3.8, 4) is 0 Å². The molecule has 1 aliphatic heterocycles. The first-order chi connectivity index (χ1) is 12.4. The van der Waals surface area contributed by atoms with E-state index in [9.17, 15) is 13.2 Å². The lowest BCUT2D eigenvalue weighted by atomic mass is 10.0. The second kappa shape index (κ2) is 7.59. The van der Waals surface area contributed by atoms with E-state index < -0.39 is 16.1 Å². The monoisotopic (exact) mass is 391 g/mol. The largest absolute Gasteiger partial charge is 0.354 e. The average Bonchev–Trinajstić information content (AvgIpc) is 3.19. The fourth-order valence-electron chi connectivity index (χ4n) is 2.75. The highest BCUT2D eigenvalue weighted by Gasteiger charge is 2.32. The normalized spacial score (nSPS) is 17.7. The standard InChI is InChI=1S/C18H21N3O3S2/c1-12(2)16(18(22)19-10-9-13-6-5-11-25-13)20-17-14-7-3-4-8-15(14)26(23,24)21-17/h3-8,11-12,16H,9-10H2,1-2H3,(H,19,22)(H,20,21)/t16-/m1/s1. The highest BCUT2D eigenvalue weighted by atomic mass is 32.2. The first-order valence-corrected chi connectivity index (χ1v) is 10.7. The molecule has 0 radical (unpaired) electrons. The van der Waals surface area contributed by atoms with Crippen LogP contribution in [0.25, 0.3) is 0 Å². The van der Waals surface area contributed by atoms with Crippen molar-refractivity contribution in [2.24, 2.45) is 10.9 Å². The lowest BCUT2D eigenvalue weighted by Crippen LogP contribution is -2.39. The third-order valence-corrected chi connectivity index (χ3v) is 6.42. The fraction of sp³-hybridized carbons (Fsp3) is 0.333. The lowest BCUT2D eigenvalue weighted by Gasteiger charge is -2.17. The van der Waals surface area contributed by atoms with Crippen molar-refractivity contribution < 1.29 is 13.2 Å². The molecule has 1 aliphatic rings. The number of sulfonamides is 1. The molecule has 0 fully saturated rings. The Kier molecular flexibility index (Phi) is 5.43. The van der Waals surface area contributed by atoms with Gasteiger partial charge in [-0.1, -0.05) is 32.0 Å². The number of amidine groups is 1. The molecule has 1 aromatic heterocycles. The Morgan fingerprint density at radius 2 is 2.00 bits per heavy atom. The van der Waals surface area contributed by atoms with Gasteiger partial charge in [-0.05, 0) is 35.9 Å². The number of aliphatic imine (C=N–C) groups is 1. The molecule has 3 rings (SSSR count). The van der Waals surface area contributed by atoms with Crippen LogP contribution >= 0.6 is 11.3 Å². The minimum absolute atomic E-state index is 0.0681. The first-order valence-electron chi connectivity index (χ1n) is 8.38. The van der Waals surface area contributed by atoms with Crippen LogP contribution in [0.3, 0.4) is 0 Å². The average molecular weight is 392 g/mol. The molecule has 1 atom stereocenters. The summed E-state index contributed by atoms with van der Waals surface area (Å²) in [4.78, 5) is 18.4. The smallest absolute Gasteiger partial charge is 0.263 e. The molecule has 0 unspecified atom stereocenters. The van der Waals surface area contributed by atoms with Gasteiger partial charge in [0.2, 0.25) is 5.91 Å². The van der Waals surface area contributed by atoms with Gasteiger partial charge in [0.15, 0.2) is 0 Å². The highest BCUT2D eigenvalue weighted by Crippen LogP contribution is 2.23. The molecule has 0 saturated carbocycles. The van der Waals surface area contributed by atoms with E-state index in [1.165, 1.54) is 10.9 Å². The van der Waals surface area contributed by atoms with Gasteiger partial charge in [0.05, 0.1) is 4.90 Å². The number of carbonyl (C=O) groups excluding carboxylic acids is 1. The zero-order valence-corrected chi connectivity index (χ0v) is 16.2. The number of nitrogens with zero attached hydrogens (tertiary/aromatic N) is 1. The molecule has 0 bridgehead atoms. The molecular weight excluding hydrogens is 370 g/mol. The molecule has 1 amide bonds. The molecular formula is C18H21N3O3S2. The van der Waals surface area contributed by atoms with E-state index in [1.807, 2.05) is 31.4 Å². The summed E-state index contributed by atoms with van der Waals surface area (Å²) in [5.74, 6) is -0.0400. The van der Waals surface area contributed by atoms with E-state index >= 15 is 0 Å². The molecule has 0 aliphatic carbocycles. The maximum absolute atomic E-state index is 12.6. The van der Waals surface area contributed by atoms with Crippen LogP contribution in [-0.4, -0.2) is 32.7 Å². The second-order valence-electron chi connectivity index (χ2n) is 6.39. The summed E-state index contributed by atoms with van der Waals surface area (Å²) < 4.78 is 26.9. The van der Waals surface area contributed by atoms with E-state index in [0.717, 1.165) is 6.42 Å². The molecule has 2 heterocycles. The SMILES string of the molecule is CC(C)[C@@H](N=C1NS(=O)(=O)c2ccccc21)C(=O)NCCc1cccs1. The molecule has 1 aromatic carbocycles. The Morgan fingerprint density at radius 1 is 1.23 bits per heavy atom. The highest BCUT2D eigenvalue weighted by molar-refractivity contribution is 7.90. The number of nitrogens with one attached hydrogen (secondary N) is 2. The third kappa shape index (κ3) is 3.96. The topological polar surface area (TPSA) is 87.6 Å². The summed E-state index contributed by atoms with van der Waals surface area (Å²) in [7, 11) is -3.61. The van der Waals surface area contributed by atoms with Crippen molar-refractivity contribution in [3.05, 3.63) is 52.2 Å².